The van der Waals surface area contributed by atoms with Gasteiger partial charge in [-0.25, -0.2) is 4.39 Å². The monoisotopic (exact) mass is 347 g/mol. The normalized spacial score (nSPS) is 12.5. The Balaban J connectivity index is 1.98. The van der Waals surface area contributed by atoms with Crippen LogP contribution in [-0.2, 0) is 4.79 Å². The minimum atomic E-state index is -0.298. The Bertz CT molecular complexity index is 714. The molecule has 0 aromatic heterocycles. The van der Waals surface area contributed by atoms with Gasteiger partial charge >= 0.3 is 0 Å². The van der Waals surface area contributed by atoms with E-state index < -0.39 is 0 Å². The molecular formula is C19H21ClFN2O+. The van der Waals surface area contributed by atoms with E-state index in [0.717, 1.165) is 11.1 Å². The van der Waals surface area contributed by atoms with Crippen LogP contribution in [0.5, 0.6) is 0 Å². The zero-order valence-electron chi connectivity index (χ0n) is 13.7. The van der Waals surface area contributed by atoms with Crippen LogP contribution in [0.4, 0.5) is 4.39 Å². The molecular weight excluding hydrogens is 327 g/mol. The Kier molecular flexibility index (Phi) is 6.53. The minimum absolute atomic E-state index is 0.0573. The first-order chi connectivity index (χ1) is 11.5. The van der Waals surface area contributed by atoms with Crippen LogP contribution in [0.15, 0.2) is 54.6 Å². The van der Waals surface area contributed by atoms with E-state index in [0.29, 0.717) is 11.6 Å². The Morgan fingerprint density at radius 2 is 1.88 bits per heavy atom. The predicted molar refractivity (Wildman–Crippen MR) is 95.4 cm³/mol. The smallest absolute Gasteiger partial charge is 0.244 e. The number of quaternary nitrogens is 1. The molecule has 1 atom stereocenters. The van der Waals surface area contributed by atoms with E-state index in [9.17, 15) is 9.18 Å². The molecule has 2 aromatic rings. The number of rotatable bonds is 6. The van der Waals surface area contributed by atoms with Gasteiger partial charge in [0, 0.05) is 16.7 Å². The number of hydrogen-bond donors (Lipinski definition) is 2. The summed E-state index contributed by atoms with van der Waals surface area (Å²) in [5.41, 5.74) is 1.77. The summed E-state index contributed by atoms with van der Waals surface area (Å²) in [6.45, 7) is 0.471. The standard InChI is InChI=1S/C19H20ClFN2O/c1-23(2)18(16-5-3-4-6-17(16)20)13-22-19(24)12-9-14-7-10-15(21)11-8-14/h3-12,18H,13H2,1-2H3,(H,22,24)/p+1/b12-9+/t18-/m0/s1. The number of nitrogens with one attached hydrogen (secondary N) is 2. The lowest BCUT2D eigenvalue weighted by Gasteiger charge is -2.22. The van der Waals surface area contributed by atoms with Gasteiger partial charge in [-0.2, -0.15) is 0 Å². The molecule has 3 nitrogen and oxygen atoms in total. The fourth-order valence-corrected chi connectivity index (χ4v) is 2.66. The molecule has 0 radical (unpaired) electrons. The summed E-state index contributed by atoms with van der Waals surface area (Å²) in [4.78, 5) is 13.2. The van der Waals surface area contributed by atoms with Crippen LogP contribution in [0.25, 0.3) is 6.08 Å². The van der Waals surface area contributed by atoms with Crippen LogP contribution in [0, 0.1) is 5.82 Å². The van der Waals surface area contributed by atoms with Crippen LogP contribution >= 0.6 is 11.6 Å². The summed E-state index contributed by atoms with van der Waals surface area (Å²) in [6.07, 6.45) is 3.10. The molecule has 1 amide bonds. The molecule has 0 aliphatic rings. The van der Waals surface area contributed by atoms with Crippen LogP contribution in [-0.4, -0.2) is 26.5 Å². The fourth-order valence-electron chi connectivity index (χ4n) is 2.39. The van der Waals surface area contributed by atoms with Crippen molar-refractivity contribution < 1.29 is 14.1 Å². The molecule has 0 heterocycles. The molecule has 0 spiro atoms. The van der Waals surface area contributed by atoms with Crippen molar-refractivity contribution in [1.82, 2.24) is 5.32 Å². The van der Waals surface area contributed by atoms with Crippen molar-refractivity contribution in [2.75, 3.05) is 20.6 Å². The zero-order chi connectivity index (χ0) is 17.5. The van der Waals surface area contributed by atoms with Crippen LogP contribution in [0.3, 0.4) is 0 Å². The summed E-state index contributed by atoms with van der Waals surface area (Å²) < 4.78 is 12.8. The van der Waals surface area contributed by atoms with Gasteiger partial charge in [0.2, 0.25) is 5.91 Å². The van der Waals surface area contributed by atoms with Gasteiger partial charge in [0.05, 0.1) is 20.6 Å². The summed E-state index contributed by atoms with van der Waals surface area (Å²) in [5.74, 6) is -0.495. The highest BCUT2D eigenvalue weighted by molar-refractivity contribution is 6.31. The van der Waals surface area contributed by atoms with E-state index in [2.05, 4.69) is 5.32 Å². The van der Waals surface area contributed by atoms with Gasteiger partial charge in [-0.05, 0) is 29.8 Å². The van der Waals surface area contributed by atoms with Crippen LogP contribution in [0.1, 0.15) is 17.2 Å². The molecule has 0 bridgehead atoms. The molecule has 2 aromatic carbocycles. The van der Waals surface area contributed by atoms with E-state index in [1.807, 2.05) is 38.4 Å². The van der Waals surface area contributed by atoms with E-state index in [-0.39, 0.29) is 17.8 Å². The van der Waals surface area contributed by atoms with Crippen molar-refractivity contribution in [2.24, 2.45) is 0 Å². The average Bonchev–Trinajstić information content (AvgIpc) is 2.56. The number of carbonyl (C=O) groups is 1. The Morgan fingerprint density at radius 3 is 2.50 bits per heavy atom. The maximum absolute atomic E-state index is 12.8. The third-order valence-corrected chi connectivity index (χ3v) is 4.10. The van der Waals surface area contributed by atoms with Gasteiger partial charge in [0.15, 0.2) is 0 Å². The summed E-state index contributed by atoms with van der Waals surface area (Å²) >= 11 is 6.26. The number of likely N-dealkylation sites (N-methyl/N-ethyl adjacent to an activating group) is 1. The van der Waals surface area contributed by atoms with Crippen molar-refractivity contribution in [1.29, 1.82) is 0 Å². The molecule has 24 heavy (non-hydrogen) atoms. The van der Waals surface area contributed by atoms with Crippen molar-refractivity contribution in [2.45, 2.75) is 6.04 Å². The van der Waals surface area contributed by atoms with Crippen molar-refractivity contribution in [3.63, 3.8) is 0 Å². The maximum atomic E-state index is 12.8. The maximum Gasteiger partial charge on any atom is 0.244 e. The highest BCUT2D eigenvalue weighted by Gasteiger charge is 2.20. The Morgan fingerprint density at radius 1 is 1.21 bits per heavy atom. The van der Waals surface area contributed by atoms with Crippen molar-refractivity contribution in [3.05, 3.63) is 76.6 Å². The molecule has 0 saturated carbocycles. The second-order valence-corrected chi connectivity index (χ2v) is 6.19. The number of amides is 1. The lowest BCUT2D eigenvalue weighted by molar-refractivity contribution is -0.890. The third kappa shape index (κ3) is 5.18. The average molecular weight is 348 g/mol. The highest BCUT2D eigenvalue weighted by atomic mass is 35.5. The quantitative estimate of drug-likeness (QED) is 0.773. The lowest BCUT2D eigenvalue weighted by atomic mass is 10.1. The SMILES string of the molecule is C[NH+](C)[C@@H](CNC(=O)/C=C/c1ccc(F)cc1)c1ccccc1Cl. The molecule has 126 valence electrons. The highest BCUT2D eigenvalue weighted by Crippen LogP contribution is 2.20. The molecule has 0 aliphatic carbocycles. The first-order valence-corrected chi connectivity index (χ1v) is 8.11. The number of hydrogen-bond acceptors (Lipinski definition) is 1. The molecule has 0 aliphatic heterocycles. The Labute approximate surface area is 146 Å². The van der Waals surface area contributed by atoms with Gasteiger partial charge in [-0.3, -0.25) is 4.79 Å². The second-order valence-electron chi connectivity index (χ2n) is 5.78. The molecule has 0 saturated heterocycles. The first kappa shape index (κ1) is 18.2. The van der Waals surface area contributed by atoms with Crippen molar-refractivity contribution >= 4 is 23.6 Å². The second kappa shape index (κ2) is 8.62. The lowest BCUT2D eigenvalue weighted by Crippen LogP contribution is -3.07. The Hall–Kier alpha value is -2.17. The molecule has 2 rings (SSSR count). The first-order valence-electron chi connectivity index (χ1n) is 7.73. The minimum Gasteiger partial charge on any atom is -0.346 e. The van der Waals surface area contributed by atoms with E-state index in [1.54, 1.807) is 18.2 Å². The largest absolute Gasteiger partial charge is 0.346 e. The zero-order valence-corrected chi connectivity index (χ0v) is 14.5. The van der Waals surface area contributed by atoms with Gasteiger partial charge < -0.3 is 10.2 Å². The van der Waals surface area contributed by atoms with Crippen LogP contribution < -0.4 is 10.2 Å². The number of halogens is 2. The molecule has 2 N–H and O–H groups in total. The molecule has 0 fully saturated rings. The topological polar surface area (TPSA) is 33.5 Å². The van der Waals surface area contributed by atoms with Gasteiger partial charge in [0.1, 0.15) is 11.9 Å². The van der Waals surface area contributed by atoms with Crippen LogP contribution in [0.2, 0.25) is 5.02 Å². The number of carbonyl (C=O) groups excluding carboxylic acids is 1. The van der Waals surface area contributed by atoms with E-state index in [1.165, 1.54) is 23.1 Å². The van der Waals surface area contributed by atoms with Crippen molar-refractivity contribution in [3.8, 4) is 0 Å². The number of benzene rings is 2. The van der Waals surface area contributed by atoms with Gasteiger partial charge in [0.25, 0.3) is 0 Å². The van der Waals surface area contributed by atoms with E-state index in [4.69, 9.17) is 11.6 Å². The fraction of sp³-hybridized carbons (Fsp3) is 0.211. The summed E-state index contributed by atoms with van der Waals surface area (Å²) in [6, 6.07) is 13.7. The molecule has 0 unspecified atom stereocenters. The van der Waals surface area contributed by atoms with Gasteiger partial charge in [-0.15, -0.1) is 0 Å². The summed E-state index contributed by atoms with van der Waals surface area (Å²) in [7, 11) is 4.04. The molecule has 5 heteroatoms. The summed E-state index contributed by atoms with van der Waals surface area (Å²) in [5, 5.41) is 3.59. The predicted octanol–water partition coefficient (Wildman–Crippen LogP) is 2.49. The van der Waals surface area contributed by atoms with E-state index >= 15 is 0 Å². The van der Waals surface area contributed by atoms with Gasteiger partial charge in [-0.1, -0.05) is 41.9 Å². The third-order valence-electron chi connectivity index (χ3n) is 3.76.